The highest BCUT2D eigenvalue weighted by Crippen LogP contribution is 2.35. The molecular weight excluding hydrogens is 346 g/mol. The van der Waals surface area contributed by atoms with Crippen LogP contribution in [0.1, 0.15) is 23.6 Å². The van der Waals surface area contributed by atoms with Crippen LogP contribution in [0.3, 0.4) is 0 Å². The van der Waals surface area contributed by atoms with E-state index in [0.29, 0.717) is 30.5 Å². The highest BCUT2D eigenvalue weighted by molar-refractivity contribution is 7.89. The Morgan fingerprint density at radius 2 is 1.88 bits per heavy atom. The van der Waals surface area contributed by atoms with Gasteiger partial charge in [0.1, 0.15) is 16.4 Å². The van der Waals surface area contributed by atoms with Crippen LogP contribution in [0.15, 0.2) is 40.6 Å². The van der Waals surface area contributed by atoms with Crippen molar-refractivity contribution in [3.63, 3.8) is 0 Å². The molecule has 1 aromatic carbocycles. The van der Waals surface area contributed by atoms with Gasteiger partial charge in [0.05, 0.1) is 14.2 Å². The molecular formula is C17H21NO4S2. The second-order valence-electron chi connectivity index (χ2n) is 5.71. The van der Waals surface area contributed by atoms with Crippen LogP contribution >= 0.6 is 11.3 Å². The Hall–Kier alpha value is -1.57. The molecule has 1 fully saturated rings. The predicted octanol–water partition coefficient (Wildman–Crippen LogP) is 3.33. The number of hydrogen-bond acceptors (Lipinski definition) is 5. The Balaban J connectivity index is 1.82. The average molecular weight is 367 g/mol. The predicted molar refractivity (Wildman–Crippen MR) is 94.6 cm³/mol. The average Bonchev–Trinajstić information content (AvgIpc) is 3.16. The number of methoxy groups -OCH3 is 2. The van der Waals surface area contributed by atoms with E-state index in [1.54, 1.807) is 27.8 Å². The normalized spacial score (nSPS) is 16.9. The van der Waals surface area contributed by atoms with E-state index >= 15 is 0 Å². The molecule has 0 atom stereocenters. The van der Waals surface area contributed by atoms with E-state index in [9.17, 15) is 8.42 Å². The zero-order valence-electron chi connectivity index (χ0n) is 13.8. The van der Waals surface area contributed by atoms with Crippen LogP contribution in [0, 0.1) is 0 Å². The fraction of sp³-hybridized carbons (Fsp3) is 0.412. The Bertz CT molecular complexity index is 779. The molecule has 1 aliphatic heterocycles. The van der Waals surface area contributed by atoms with E-state index in [2.05, 4.69) is 11.4 Å². The minimum absolute atomic E-state index is 0.166. The Morgan fingerprint density at radius 3 is 2.46 bits per heavy atom. The molecule has 3 rings (SSSR count). The second-order valence-corrected chi connectivity index (χ2v) is 8.60. The first kappa shape index (κ1) is 17.3. The van der Waals surface area contributed by atoms with Gasteiger partial charge in [0.15, 0.2) is 0 Å². The van der Waals surface area contributed by atoms with Crippen LogP contribution in [0.4, 0.5) is 0 Å². The summed E-state index contributed by atoms with van der Waals surface area (Å²) in [5.74, 6) is 1.29. The van der Waals surface area contributed by atoms with Crippen LogP contribution < -0.4 is 9.47 Å². The van der Waals surface area contributed by atoms with E-state index in [1.165, 1.54) is 25.2 Å². The Kier molecular flexibility index (Phi) is 5.12. The van der Waals surface area contributed by atoms with Crippen LogP contribution in [0.5, 0.6) is 11.5 Å². The van der Waals surface area contributed by atoms with E-state index in [1.807, 2.05) is 6.07 Å². The van der Waals surface area contributed by atoms with Gasteiger partial charge in [-0.05, 0) is 42.3 Å². The zero-order chi connectivity index (χ0) is 17.2. The maximum absolute atomic E-state index is 13.0. The Labute approximate surface area is 146 Å². The molecule has 2 heterocycles. The lowest BCUT2D eigenvalue weighted by molar-refractivity contribution is 0.319. The quantitative estimate of drug-likeness (QED) is 0.813. The summed E-state index contributed by atoms with van der Waals surface area (Å²) in [4.78, 5) is 1.50. The standard InChI is InChI=1S/C17H21NO4S2/c1-21-14-5-6-15(22-2)17(12-14)24(19,20)18-9-7-13(8-10-18)16-4-3-11-23-16/h3-6,11-13H,7-10H2,1-2H3. The fourth-order valence-electron chi connectivity index (χ4n) is 3.03. The van der Waals surface area contributed by atoms with Gasteiger partial charge in [0, 0.05) is 24.0 Å². The molecule has 0 aliphatic carbocycles. The van der Waals surface area contributed by atoms with Crippen molar-refractivity contribution in [3.8, 4) is 11.5 Å². The molecule has 2 aromatic rings. The number of benzene rings is 1. The molecule has 5 nitrogen and oxygen atoms in total. The van der Waals surface area contributed by atoms with Gasteiger partial charge < -0.3 is 9.47 Å². The maximum atomic E-state index is 13.0. The topological polar surface area (TPSA) is 55.8 Å². The molecule has 0 N–H and O–H groups in total. The number of piperidine rings is 1. The first-order chi connectivity index (χ1) is 11.6. The van der Waals surface area contributed by atoms with Gasteiger partial charge in [-0.3, -0.25) is 0 Å². The van der Waals surface area contributed by atoms with Gasteiger partial charge in [-0.25, -0.2) is 8.42 Å². The molecule has 1 aromatic heterocycles. The zero-order valence-corrected chi connectivity index (χ0v) is 15.4. The van der Waals surface area contributed by atoms with Gasteiger partial charge in [-0.2, -0.15) is 4.31 Å². The molecule has 0 radical (unpaired) electrons. The van der Waals surface area contributed by atoms with Gasteiger partial charge >= 0.3 is 0 Å². The van der Waals surface area contributed by atoms with Crippen LogP contribution in [0.25, 0.3) is 0 Å². The lowest BCUT2D eigenvalue weighted by Gasteiger charge is -2.31. The fourth-order valence-corrected chi connectivity index (χ4v) is 5.57. The van der Waals surface area contributed by atoms with Crippen LogP contribution in [-0.2, 0) is 10.0 Å². The number of rotatable bonds is 5. The molecule has 7 heteroatoms. The van der Waals surface area contributed by atoms with Crippen molar-refractivity contribution in [2.24, 2.45) is 0 Å². The van der Waals surface area contributed by atoms with Gasteiger partial charge in [-0.1, -0.05) is 6.07 Å². The summed E-state index contributed by atoms with van der Waals surface area (Å²) in [6.45, 7) is 1.04. The molecule has 130 valence electrons. The summed E-state index contributed by atoms with van der Waals surface area (Å²) >= 11 is 1.74. The highest BCUT2D eigenvalue weighted by atomic mass is 32.2. The molecule has 1 saturated heterocycles. The van der Waals surface area contributed by atoms with E-state index in [-0.39, 0.29) is 4.90 Å². The van der Waals surface area contributed by atoms with Crippen molar-refractivity contribution >= 4 is 21.4 Å². The van der Waals surface area contributed by atoms with E-state index < -0.39 is 10.0 Å². The number of hydrogen-bond donors (Lipinski definition) is 0. The number of ether oxygens (including phenoxy) is 2. The molecule has 0 amide bonds. The third kappa shape index (κ3) is 3.29. The van der Waals surface area contributed by atoms with Gasteiger partial charge in [0.25, 0.3) is 0 Å². The molecule has 0 saturated carbocycles. The summed E-state index contributed by atoms with van der Waals surface area (Å²) in [5, 5.41) is 2.07. The third-order valence-electron chi connectivity index (χ3n) is 4.39. The van der Waals surface area contributed by atoms with Crippen molar-refractivity contribution < 1.29 is 17.9 Å². The molecule has 24 heavy (non-hydrogen) atoms. The van der Waals surface area contributed by atoms with Gasteiger partial charge in [0.2, 0.25) is 10.0 Å². The highest BCUT2D eigenvalue weighted by Gasteiger charge is 2.32. The molecule has 0 bridgehead atoms. The monoisotopic (exact) mass is 367 g/mol. The maximum Gasteiger partial charge on any atom is 0.246 e. The van der Waals surface area contributed by atoms with Crippen LogP contribution in [0.2, 0.25) is 0 Å². The first-order valence-corrected chi connectivity index (χ1v) is 10.1. The molecule has 1 aliphatic rings. The SMILES string of the molecule is COc1ccc(OC)c(S(=O)(=O)N2CCC(c3cccs3)CC2)c1. The number of nitrogens with zero attached hydrogens (tertiary/aromatic N) is 1. The summed E-state index contributed by atoms with van der Waals surface area (Å²) < 4.78 is 38.0. The van der Waals surface area contributed by atoms with Crippen molar-refractivity contribution in [2.75, 3.05) is 27.3 Å². The number of thiophene rings is 1. The largest absolute Gasteiger partial charge is 0.497 e. The van der Waals surface area contributed by atoms with Crippen molar-refractivity contribution in [2.45, 2.75) is 23.7 Å². The van der Waals surface area contributed by atoms with E-state index in [4.69, 9.17) is 9.47 Å². The Morgan fingerprint density at radius 1 is 1.12 bits per heavy atom. The lowest BCUT2D eigenvalue weighted by Crippen LogP contribution is -2.37. The first-order valence-electron chi connectivity index (χ1n) is 7.82. The van der Waals surface area contributed by atoms with Crippen molar-refractivity contribution in [3.05, 3.63) is 40.6 Å². The van der Waals surface area contributed by atoms with Crippen molar-refractivity contribution in [1.82, 2.24) is 4.31 Å². The molecule has 0 spiro atoms. The second kappa shape index (κ2) is 7.13. The minimum atomic E-state index is -3.60. The summed E-state index contributed by atoms with van der Waals surface area (Å²) in [6, 6.07) is 9.03. The van der Waals surface area contributed by atoms with E-state index in [0.717, 1.165) is 12.8 Å². The number of sulfonamides is 1. The summed E-state index contributed by atoms with van der Waals surface area (Å²) in [6.07, 6.45) is 1.68. The van der Waals surface area contributed by atoms with Gasteiger partial charge in [-0.15, -0.1) is 11.3 Å². The molecule has 0 unspecified atom stereocenters. The van der Waals surface area contributed by atoms with Crippen molar-refractivity contribution in [1.29, 1.82) is 0 Å². The smallest absolute Gasteiger partial charge is 0.246 e. The summed E-state index contributed by atoms with van der Waals surface area (Å²) in [7, 11) is -0.603. The third-order valence-corrected chi connectivity index (χ3v) is 7.34. The minimum Gasteiger partial charge on any atom is -0.497 e. The summed E-state index contributed by atoms with van der Waals surface area (Å²) in [5.41, 5.74) is 0. The lowest BCUT2D eigenvalue weighted by atomic mass is 9.97. The van der Waals surface area contributed by atoms with Crippen LogP contribution in [-0.4, -0.2) is 40.0 Å².